The first-order valence-electron chi connectivity index (χ1n) is 5.87. The van der Waals surface area contributed by atoms with E-state index in [-0.39, 0.29) is 0 Å². The van der Waals surface area contributed by atoms with Gasteiger partial charge in [-0.2, -0.15) is 0 Å². The molecule has 1 aliphatic rings. The standard InChI is InChI=1S/C14H15N/c1-3-7-11(8-4-1)15-14-12-9-5-2-6-10-13(12)14/h1,3-4,7-8H,2,5-6,9-10H2/p+1. The van der Waals surface area contributed by atoms with Crippen molar-refractivity contribution in [2.75, 3.05) is 0 Å². The number of hydrogen-bond donors (Lipinski definition) is 1. The van der Waals surface area contributed by atoms with Crippen molar-refractivity contribution in [3.8, 4) is 0 Å². The zero-order chi connectivity index (χ0) is 10.1. The van der Waals surface area contributed by atoms with Gasteiger partial charge in [-0.15, -0.1) is 0 Å². The fourth-order valence-electron chi connectivity index (χ4n) is 2.42. The Morgan fingerprint density at radius 2 is 1.47 bits per heavy atom. The van der Waals surface area contributed by atoms with Gasteiger partial charge in [0.25, 0.3) is 0 Å². The predicted molar refractivity (Wildman–Crippen MR) is 60.3 cm³/mol. The van der Waals surface area contributed by atoms with Crippen LogP contribution < -0.4 is 10.3 Å². The molecule has 0 amide bonds. The first kappa shape index (κ1) is 8.90. The van der Waals surface area contributed by atoms with E-state index in [0.29, 0.717) is 0 Å². The maximum absolute atomic E-state index is 3.53. The molecule has 1 N–H and O–H groups in total. The second-order valence-corrected chi connectivity index (χ2v) is 4.38. The lowest BCUT2D eigenvalue weighted by molar-refractivity contribution is -0.399. The van der Waals surface area contributed by atoms with Crippen molar-refractivity contribution >= 4 is 5.69 Å². The average Bonchev–Trinajstić information content (AvgIpc) is 2.97. The molecule has 0 heterocycles. The Morgan fingerprint density at radius 3 is 2.13 bits per heavy atom. The maximum atomic E-state index is 3.53. The molecule has 1 heteroatoms. The third-order valence-corrected chi connectivity index (χ3v) is 3.30. The molecule has 0 saturated heterocycles. The van der Waals surface area contributed by atoms with Gasteiger partial charge in [-0.3, -0.25) is 0 Å². The molecule has 2 aromatic rings. The van der Waals surface area contributed by atoms with Gasteiger partial charge in [-0.05, 0) is 25.7 Å². The fourth-order valence-corrected chi connectivity index (χ4v) is 2.42. The van der Waals surface area contributed by atoms with E-state index in [1.807, 2.05) is 0 Å². The molecule has 0 aliphatic heterocycles. The van der Waals surface area contributed by atoms with Crippen LogP contribution in [0.1, 0.15) is 30.4 Å². The van der Waals surface area contributed by atoms with E-state index in [9.17, 15) is 0 Å². The van der Waals surface area contributed by atoms with Crippen LogP contribution in [0.25, 0.3) is 0 Å². The molecule has 0 atom stereocenters. The Balaban J connectivity index is 1.91. The summed E-state index contributed by atoms with van der Waals surface area (Å²) in [7, 11) is 0. The van der Waals surface area contributed by atoms with Crippen LogP contribution in [0.4, 0.5) is 5.69 Å². The minimum absolute atomic E-state index is 1.22. The van der Waals surface area contributed by atoms with Gasteiger partial charge >= 0.3 is 0 Å². The molecule has 0 fully saturated rings. The Labute approximate surface area is 90.2 Å². The highest BCUT2D eigenvalue weighted by Gasteiger charge is 2.26. The topological polar surface area (TPSA) is 14.0 Å². The van der Waals surface area contributed by atoms with Crippen molar-refractivity contribution in [2.24, 2.45) is 0 Å². The zero-order valence-corrected chi connectivity index (χ0v) is 8.92. The summed E-state index contributed by atoms with van der Waals surface area (Å²) < 4.78 is 0. The van der Waals surface area contributed by atoms with Crippen molar-refractivity contribution in [2.45, 2.75) is 32.1 Å². The van der Waals surface area contributed by atoms with Crippen molar-refractivity contribution in [1.29, 1.82) is 0 Å². The van der Waals surface area contributed by atoms with Crippen molar-refractivity contribution in [3.05, 3.63) is 46.8 Å². The van der Waals surface area contributed by atoms with Gasteiger partial charge in [-0.1, -0.05) is 24.6 Å². The first-order chi connectivity index (χ1) is 7.45. The number of benzene rings is 1. The third-order valence-electron chi connectivity index (χ3n) is 3.30. The molecule has 0 unspecified atom stereocenters. The van der Waals surface area contributed by atoms with Crippen LogP contribution in [0.3, 0.4) is 0 Å². The molecule has 0 bridgehead atoms. The molecule has 15 heavy (non-hydrogen) atoms. The van der Waals surface area contributed by atoms with Crippen LogP contribution in [-0.4, -0.2) is 0 Å². The summed E-state index contributed by atoms with van der Waals surface area (Å²) in [6.07, 6.45) is 6.75. The number of fused-ring (bicyclic) bond motifs is 1. The molecule has 0 radical (unpaired) electrons. The third kappa shape index (κ3) is 1.74. The van der Waals surface area contributed by atoms with E-state index in [1.54, 1.807) is 11.1 Å². The highest BCUT2D eigenvalue weighted by molar-refractivity contribution is 5.38. The van der Waals surface area contributed by atoms with E-state index in [0.717, 1.165) is 0 Å². The van der Waals surface area contributed by atoms with Crippen LogP contribution in [-0.2, 0) is 12.8 Å². The van der Waals surface area contributed by atoms with E-state index in [1.165, 1.54) is 43.1 Å². The molecular weight excluding hydrogens is 182 g/mol. The van der Waals surface area contributed by atoms with Gasteiger partial charge in [0.1, 0.15) is 0 Å². The smallest absolute Gasteiger partial charge is 0.205 e. The molecular formula is C14H16N+. The largest absolute Gasteiger partial charge is 0.211 e. The first-order valence-corrected chi connectivity index (χ1v) is 5.87. The summed E-state index contributed by atoms with van der Waals surface area (Å²) in [5.41, 5.74) is 4.47. The monoisotopic (exact) mass is 198 g/mol. The molecule has 0 saturated carbocycles. The number of para-hydroxylation sites is 1. The van der Waals surface area contributed by atoms with Gasteiger partial charge in [0.15, 0.2) is 0 Å². The highest BCUT2D eigenvalue weighted by Crippen LogP contribution is 2.20. The van der Waals surface area contributed by atoms with Crippen molar-refractivity contribution in [3.63, 3.8) is 0 Å². The predicted octanol–water partition coefficient (Wildman–Crippen LogP) is 1.14. The van der Waals surface area contributed by atoms with Gasteiger partial charge in [0.05, 0.1) is 0 Å². The second kappa shape index (κ2) is 3.65. The SMILES string of the molecule is c1ccc([NH+]=c2c3c2CCCCC3)cc1. The quantitative estimate of drug-likeness (QED) is 0.661. The van der Waals surface area contributed by atoms with Gasteiger partial charge < -0.3 is 0 Å². The van der Waals surface area contributed by atoms with E-state index < -0.39 is 0 Å². The fraction of sp³-hybridized carbons (Fsp3) is 0.357. The molecule has 0 aromatic heterocycles. The number of hydrogen-bond acceptors (Lipinski definition) is 0. The van der Waals surface area contributed by atoms with Gasteiger partial charge in [0.2, 0.25) is 11.0 Å². The lowest BCUT2D eigenvalue weighted by Crippen LogP contribution is -2.68. The zero-order valence-electron chi connectivity index (χ0n) is 8.92. The summed E-state index contributed by atoms with van der Waals surface area (Å²) in [6.45, 7) is 0. The summed E-state index contributed by atoms with van der Waals surface area (Å²) >= 11 is 0. The Kier molecular flexibility index (Phi) is 2.17. The van der Waals surface area contributed by atoms with Crippen molar-refractivity contribution in [1.82, 2.24) is 0 Å². The lowest BCUT2D eigenvalue weighted by Gasteiger charge is -1.89. The minimum atomic E-state index is 1.22. The van der Waals surface area contributed by atoms with Gasteiger partial charge in [-0.25, -0.2) is 4.99 Å². The molecule has 1 nitrogen and oxygen atoms in total. The molecule has 1 aliphatic carbocycles. The molecule has 3 rings (SSSR count). The Hall–Kier alpha value is -1.37. The molecule has 76 valence electrons. The molecule has 2 aromatic carbocycles. The second-order valence-electron chi connectivity index (χ2n) is 4.38. The Bertz CT molecular complexity index is 451. The Morgan fingerprint density at radius 1 is 0.800 bits per heavy atom. The number of nitrogens with one attached hydrogen (secondary N) is 1. The highest BCUT2D eigenvalue weighted by atomic mass is 14.7. The van der Waals surface area contributed by atoms with Crippen LogP contribution >= 0.6 is 0 Å². The van der Waals surface area contributed by atoms with Crippen LogP contribution in [0.2, 0.25) is 0 Å². The van der Waals surface area contributed by atoms with E-state index in [4.69, 9.17) is 0 Å². The van der Waals surface area contributed by atoms with Crippen LogP contribution in [0, 0.1) is 0 Å². The van der Waals surface area contributed by atoms with Crippen molar-refractivity contribution < 1.29 is 4.99 Å². The summed E-state index contributed by atoms with van der Waals surface area (Å²) in [5, 5.41) is 1.45. The van der Waals surface area contributed by atoms with Crippen LogP contribution in [0.5, 0.6) is 0 Å². The maximum Gasteiger partial charge on any atom is 0.211 e. The average molecular weight is 198 g/mol. The van der Waals surface area contributed by atoms with Gasteiger partial charge in [0, 0.05) is 23.3 Å². The lowest BCUT2D eigenvalue weighted by atomic mass is 10.2. The van der Waals surface area contributed by atoms with E-state index >= 15 is 0 Å². The van der Waals surface area contributed by atoms with Crippen LogP contribution in [0.15, 0.2) is 30.3 Å². The van der Waals surface area contributed by atoms with E-state index in [2.05, 4.69) is 35.3 Å². The summed E-state index contributed by atoms with van der Waals surface area (Å²) in [6, 6.07) is 10.5. The summed E-state index contributed by atoms with van der Waals surface area (Å²) in [4.78, 5) is 3.53. The number of rotatable bonds is 1. The summed E-state index contributed by atoms with van der Waals surface area (Å²) in [5.74, 6) is 0. The molecule has 0 spiro atoms. The normalized spacial score (nSPS) is 16.0. The minimum Gasteiger partial charge on any atom is -0.205 e.